The molecule has 2 amide bonds. The third-order valence-corrected chi connectivity index (χ3v) is 5.11. The first-order chi connectivity index (χ1) is 13.6. The fraction of sp³-hybridized carbons (Fsp3) is 0.227. The summed E-state index contributed by atoms with van der Waals surface area (Å²) in [5.74, 6) is -0.248. The van der Waals surface area contributed by atoms with E-state index in [2.05, 4.69) is 10.3 Å². The van der Waals surface area contributed by atoms with Crippen LogP contribution in [0.4, 0.5) is 0 Å². The highest BCUT2D eigenvalue weighted by Gasteiger charge is 2.35. The van der Waals surface area contributed by atoms with E-state index in [1.54, 1.807) is 11.0 Å². The molecule has 0 spiro atoms. The molecule has 1 aromatic heterocycles. The SMILES string of the molecule is O=C(NCc1cc2ccccc2[nH]c1=O)C1CCC(=O)N1Cc1ccccc1. The summed E-state index contributed by atoms with van der Waals surface area (Å²) < 4.78 is 0. The van der Waals surface area contributed by atoms with E-state index < -0.39 is 6.04 Å². The molecule has 0 bridgehead atoms. The van der Waals surface area contributed by atoms with Gasteiger partial charge in [0.1, 0.15) is 6.04 Å². The van der Waals surface area contributed by atoms with Gasteiger partial charge in [0.2, 0.25) is 11.8 Å². The minimum Gasteiger partial charge on any atom is -0.350 e. The van der Waals surface area contributed by atoms with Crippen molar-refractivity contribution < 1.29 is 9.59 Å². The topological polar surface area (TPSA) is 82.3 Å². The number of nitrogens with zero attached hydrogens (tertiary/aromatic N) is 1. The summed E-state index contributed by atoms with van der Waals surface area (Å²) >= 11 is 0. The zero-order valence-electron chi connectivity index (χ0n) is 15.4. The monoisotopic (exact) mass is 375 g/mol. The Balaban J connectivity index is 1.46. The van der Waals surface area contributed by atoms with Gasteiger partial charge in [-0.15, -0.1) is 0 Å². The van der Waals surface area contributed by atoms with Gasteiger partial charge in [-0.1, -0.05) is 48.5 Å². The first kappa shape index (κ1) is 18.0. The maximum Gasteiger partial charge on any atom is 0.253 e. The molecule has 2 aromatic carbocycles. The van der Waals surface area contributed by atoms with Crippen LogP contribution in [0, 0.1) is 0 Å². The number of nitrogens with one attached hydrogen (secondary N) is 2. The second kappa shape index (κ2) is 7.68. The van der Waals surface area contributed by atoms with Gasteiger partial charge < -0.3 is 15.2 Å². The minimum atomic E-state index is -0.507. The molecule has 1 saturated heterocycles. The minimum absolute atomic E-state index is 0.0208. The molecular weight excluding hydrogens is 354 g/mol. The van der Waals surface area contributed by atoms with Gasteiger partial charge in [-0.05, 0) is 29.5 Å². The quantitative estimate of drug-likeness (QED) is 0.718. The van der Waals surface area contributed by atoms with Crippen molar-refractivity contribution in [2.24, 2.45) is 0 Å². The summed E-state index contributed by atoms with van der Waals surface area (Å²) in [5.41, 5.74) is 2.02. The van der Waals surface area contributed by atoms with E-state index in [1.807, 2.05) is 54.6 Å². The number of para-hydroxylation sites is 1. The molecule has 1 aliphatic heterocycles. The first-order valence-electron chi connectivity index (χ1n) is 9.34. The molecule has 3 aromatic rings. The summed E-state index contributed by atoms with van der Waals surface area (Å²) in [4.78, 5) is 41.7. The lowest BCUT2D eigenvalue weighted by Gasteiger charge is -2.24. The van der Waals surface area contributed by atoms with Crippen molar-refractivity contribution in [2.45, 2.75) is 32.0 Å². The van der Waals surface area contributed by atoms with Crippen molar-refractivity contribution in [1.29, 1.82) is 0 Å². The van der Waals surface area contributed by atoms with Crippen molar-refractivity contribution >= 4 is 22.7 Å². The normalized spacial score (nSPS) is 16.5. The number of pyridine rings is 1. The number of rotatable bonds is 5. The van der Waals surface area contributed by atoms with Crippen molar-refractivity contribution in [1.82, 2.24) is 15.2 Å². The molecule has 6 nitrogen and oxygen atoms in total. The van der Waals surface area contributed by atoms with E-state index in [0.29, 0.717) is 24.9 Å². The van der Waals surface area contributed by atoms with Crippen LogP contribution in [0.5, 0.6) is 0 Å². The number of likely N-dealkylation sites (tertiary alicyclic amines) is 1. The summed E-state index contributed by atoms with van der Waals surface area (Å²) in [6, 6.07) is 18.4. The first-order valence-corrected chi connectivity index (χ1v) is 9.34. The Morgan fingerprint density at radius 2 is 1.82 bits per heavy atom. The number of aromatic nitrogens is 1. The number of hydrogen-bond donors (Lipinski definition) is 2. The van der Waals surface area contributed by atoms with Gasteiger partial charge in [0.15, 0.2) is 0 Å². The summed E-state index contributed by atoms with van der Waals surface area (Å²) in [6.07, 6.45) is 0.854. The number of hydrogen-bond acceptors (Lipinski definition) is 3. The third-order valence-electron chi connectivity index (χ3n) is 5.11. The Bertz CT molecular complexity index is 1080. The highest BCUT2D eigenvalue weighted by molar-refractivity contribution is 5.91. The van der Waals surface area contributed by atoms with Crippen molar-refractivity contribution in [2.75, 3.05) is 0 Å². The second-order valence-electron chi connectivity index (χ2n) is 6.99. The molecule has 6 heteroatoms. The molecule has 0 aliphatic carbocycles. The lowest BCUT2D eigenvalue weighted by molar-refractivity contribution is -0.135. The predicted octanol–water partition coefficient (Wildman–Crippen LogP) is 2.34. The van der Waals surface area contributed by atoms with Crippen LogP contribution in [0.3, 0.4) is 0 Å². The van der Waals surface area contributed by atoms with Crippen LogP contribution in [-0.2, 0) is 22.7 Å². The molecule has 1 fully saturated rings. The van der Waals surface area contributed by atoms with E-state index in [9.17, 15) is 14.4 Å². The molecular formula is C22H21N3O3. The lowest BCUT2D eigenvalue weighted by atomic mass is 10.1. The average molecular weight is 375 g/mol. The number of fused-ring (bicyclic) bond motifs is 1. The molecule has 2 heterocycles. The van der Waals surface area contributed by atoms with Gasteiger partial charge in [-0.2, -0.15) is 0 Å². The molecule has 28 heavy (non-hydrogen) atoms. The number of carbonyl (C=O) groups is 2. The summed E-state index contributed by atoms with van der Waals surface area (Å²) in [7, 11) is 0. The zero-order chi connectivity index (χ0) is 19.5. The fourth-order valence-electron chi connectivity index (χ4n) is 3.61. The highest BCUT2D eigenvalue weighted by atomic mass is 16.2. The van der Waals surface area contributed by atoms with Crippen molar-refractivity contribution in [3.8, 4) is 0 Å². The van der Waals surface area contributed by atoms with E-state index in [1.165, 1.54) is 0 Å². The van der Waals surface area contributed by atoms with Crippen LogP contribution >= 0.6 is 0 Å². The molecule has 2 N–H and O–H groups in total. The number of H-pyrrole nitrogens is 1. The Labute approximate surface area is 162 Å². The van der Waals surface area contributed by atoms with Gasteiger partial charge in [0, 0.05) is 30.6 Å². The number of benzene rings is 2. The Morgan fingerprint density at radius 1 is 1.07 bits per heavy atom. The van der Waals surface area contributed by atoms with Gasteiger partial charge in [-0.25, -0.2) is 0 Å². The van der Waals surface area contributed by atoms with E-state index in [4.69, 9.17) is 0 Å². The van der Waals surface area contributed by atoms with E-state index in [0.717, 1.165) is 16.5 Å². The summed E-state index contributed by atoms with van der Waals surface area (Å²) in [6.45, 7) is 0.539. The molecule has 0 saturated carbocycles. The van der Waals surface area contributed by atoms with Crippen LogP contribution in [0.25, 0.3) is 10.9 Å². The summed E-state index contributed by atoms with van der Waals surface area (Å²) in [5, 5.41) is 3.74. The molecule has 0 radical (unpaired) electrons. The second-order valence-corrected chi connectivity index (χ2v) is 6.99. The highest BCUT2D eigenvalue weighted by Crippen LogP contribution is 2.22. The molecule has 1 aliphatic rings. The van der Waals surface area contributed by atoms with Gasteiger partial charge in [-0.3, -0.25) is 14.4 Å². The van der Waals surface area contributed by atoms with Crippen molar-refractivity contribution in [3.05, 3.63) is 82.1 Å². The van der Waals surface area contributed by atoms with Gasteiger partial charge >= 0.3 is 0 Å². The van der Waals surface area contributed by atoms with E-state index in [-0.39, 0.29) is 23.9 Å². The molecule has 142 valence electrons. The molecule has 4 rings (SSSR count). The van der Waals surface area contributed by atoms with Crippen LogP contribution in [-0.4, -0.2) is 27.7 Å². The zero-order valence-corrected chi connectivity index (χ0v) is 15.4. The Kier molecular flexibility index (Phi) is 4.93. The number of amides is 2. The number of aromatic amines is 1. The maximum atomic E-state index is 12.7. The maximum absolute atomic E-state index is 12.7. The molecule has 1 unspecified atom stereocenters. The van der Waals surface area contributed by atoms with Crippen LogP contribution in [0.1, 0.15) is 24.0 Å². The van der Waals surface area contributed by atoms with Crippen LogP contribution in [0.15, 0.2) is 65.5 Å². The molecule has 1 atom stereocenters. The Morgan fingerprint density at radius 3 is 2.64 bits per heavy atom. The average Bonchev–Trinajstić information content (AvgIpc) is 3.07. The van der Waals surface area contributed by atoms with Crippen LogP contribution in [0.2, 0.25) is 0 Å². The largest absolute Gasteiger partial charge is 0.350 e. The predicted molar refractivity (Wildman–Crippen MR) is 106 cm³/mol. The lowest BCUT2D eigenvalue weighted by Crippen LogP contribution is -2.44. The standard InChI is InChI=1S/C22H21N3O3/c26-20-11-10-19(25(20)14-15-6-2-1-3-7-15)22(28)23-13-17-12-16-8-4-5-9-18(16)24-21(17)27/h1-9,12,19H,10-11,13-14H2,(H,23,28)(H,24,27). The van der Waals surface area contributed by atoms with Crippen molar-refractivity contribution in [3.63, 3.8) is 0 Å². The smallest absolute Gasteiger partial charge is 0.253 e. The van der Waals surface area contributed by atoms with Crippen LogP contribution < -0.4 is 10.9 Å². The Hall–Kier alpha value is -3.41. The van der Waals surface area contributed by atoms with Gasteiger partial charge in [0.05, 0.1) is 0 Å². The third kappa shape index (κ3) is 3.67. The van der Waals surface area contributed by atoms with E-state index >= 15 is 0 Å². The van der Waals surface area contributed by atoms with Gasteiger partial charge in [0.25, 0.3) is 5.56 Å². The fourth-order valence-corrected chi connectivity index (χ4v) is 3.61. The number of carbonyl (C=O) groups excluding carboxylic acids is 2.